The van der Waals surface area contributed by atoms with Gasteiger partial charge in [0.1, 0.15) is 0 Å². The van der Waals surface area contributed by atoms with Gasteiger partial charge < -0.3 is 15.1 Å². The summed E-state index contributed by atoms with van der Waals surface area (Å²) in [5, 5.41) is 18.3. The zero-order chi connectivity index (χ0) is 15.2. The van der Waals surface area contributed by atoms with Crippen molar-refractivity contribution in [1.82, 2.24) is 4.90 Å². The van der Waals surface area contributed by atoms with E-state index in [9.17, 15) is 9.90 Å². The predicted octanol–water partition coefficient (Wildman–Crippen LogP) is 1.33. The fourth-order valence-electron chi connectivity index (χ4n) is 2.46. The molecule has 0 unspecified atom stereocenters. The number of hydrogen-bond acceptors (Lipinski definition) is 3. The van der Waals surface area contributed by atoms with Crippen molar-refractivity contribution in [3.05, 3.63) is 34.9 Å². The molecular formula is C17H21NO3. The molecule has 1 fully saturated rings. The second-order valence-corrected chi connectivity index (χ2v) is 5.28. The van der Waals surface area contributed by atoms with Crippen LogP contribution >= 0.6 is 0 Å². The third-order valence-electron chi connectivity index (χ3n) is 3.78. The summed E-state index contributed by atoms with van der Waals surface area (Å²) in [6.07, 6.45) is 1.43. The molecule has 0 aromatic heterocycles. The lowest BCUT2D eigenvalue weighted by molar-refractivity contribution is 0.0546. The highest BCUT2D eigenvalue weighted by atomic mass is 16.3. The number of amides is 1. The second-order valence-electron chi connectivity index (χ2n) is 5.28. The summed E-state index contributed by atoms with van der Waals surface area (Å²) in [5.74, 6) is 5.89. The van der Waals surface area contributed by atoms with E-state index in [0.717, 1.165) is 11.1 Å². The van der Waals surface area contributed by atoms with E-state index in [1.54, 1.807) is 4.90 Å². The van der Waals surface area contributed by atoms with Crippen LogP contribution < -0.4 is 0 Å². The summed E-state index contributed by atoms with van der Waals surface area (Å²) in [4.78, 5) is 14.4. The lowest BCUT2D eigenvalue weighted by Crippen LogP contribution is -2.40. The van der Waals surface area contributed by atoms with Gasteiger partial charge in [-0.25, -0.2) is 0 Å². The van der Waals surface area contributed by atoms with E-state index in [1.165, 1.54) is 0 Å². The molecule has 112 valence electrons. The lowest BCUT2D eigenvalue weighted by Gasteiger charge is -2.30. The van der Waals surface area contributed by atoms with E-state index in [0.29, 0.717) is 37.9 Å². The van der Waals surface area contributed by atoms with Crippen LogP contribution in [-0.2, 0) is 0 Å². The minimum absolute atomic E-state index is 0.00482. The summed E-state index contributed by atoms with van der Waals surface area (Å²) in [7, 11) is 0. The zero-order valence-corrected chi connectivity index (χ0v) is 12.3. The fraction of sp³-hybridized carbons (Fsp3) is 0.471. The molecule has 1 amide bonds. The molecule has 1 aromatic carbocycles. The first kappa shape index (κ1) is 15.6. The molecule has 4 heteroatoms. The van der Waals surface area contributed by atoms with Crippen LogP contribution in [0.3, 0.4) is 0 Å². The summed E-state index contributed by atoms with van der Waals surface area (Å²) in [6.45, 7) is 3.13. The van der Waals surface area contributed by atoms with Crippen LogP contribution in [0.4, 0.5) is 0 Å². The van der Waals surface area contributed by atoms with Crippen LogP contribution in [0.2, 0.25) is 0 Å². The van der Waals surface area contributed by atoms with Crippen LogP contribution in [0.25, 0.3) is 0 Å². The molecule has 1 saturated heterocycles. The molecule has 21 heavy (non-hydrogen) atoms. The number of hydrogen-bond donors (Lipinski definition) is 2. The molecule has 0 spiro atoms. The average Bonchev–Trinajstić information content (AvgIpc) is 2.49. The zero-order valence-electron chi connectivity index (χ0n) is 12.3. The topological polar surface area (TPSA) is 60.8 Å². The summed E-state index contributed by atoms with van der Waals surface area (Å²) in [5.41, 5.74) is 2.37. The molecule has 0 bridgehead atoms. The van der Waals surface area contributed by atoms with Gasteiger partial charge in [-0.2, -0.15) is 0 Å². The molecule has 4 nitrogen and oxygen atoms in total. The predicted molar refractivity (Wildman–Crippen MR) is 80.9 cm³/mol. The van der Waals surface area contributed by atoms with Crippen LogP contribution in [0.15, 0.2) is 18.2 Å². The number of aliphatic hydroxyl groups is 2. The monoisotopic (exact) mass is 287 g/mol. The number of carbonyl (C=O) groups excluding carboxylic acids is 1. The van der Waals surface area contributed by atoms with E-state index in [-0.39, 0.29) is 18.6 Å². The molecule has 1 aromatic rings. The van der Waals surface area contributed by atoms with Gasteiger partial charge in [0.05, 0.1) is 12.7 Å². The first-order chi connectivity index (χ1) is 10.1. The minimum Gasteiger partial charge on any atom is -0.395 e. The lowest BCUT2D eigenvalue weighted by atomic mass is 10.00. The number of benzene rings is 1. The van der Waals surface area contributed by atoms with E-state index in [4.69, 9.17) is 5.11 Å². The van der Waals surface area contributed by atoms with Gasteiger partial charge in [0.25, 0.3) is 5.91 Å². The Labute approximate surface area is 125 Å². The van der Waals surface area contributed by atoms with E-state index in [1.807, 2.05) is 25.1 Å². The van der Waals surface area contributed by atoms with Crippen molar-refractivity contribution in [2.24, 2.45) is 0 Å². The molecule has 0 atom stereocenters. The Kier molecular flexibility index (Phi) is 5.38. The van der Waals surface area contributed by atoms with Crippen molar-refractivity contribution in [2.45, 2.75) is 32.3 Å². The van der Waals surface area contributed by atoms with Crippen molar-refractivity contribution in [3.8, 4) is 11.8 Å². The van der Waals surface area contributed by atoms with Gasteiger partial charge in [-0.05, 0) is 37.5 Å². The maximum absolute atomic E-state index is 12.6. The van der Waals surface area contributed by atoms with Gasteiger partial charge in [-0.15, -0.1) is 0 Å². The first-order valence-corrected chi connectivity index (χ1v) is 7.30. The van der Waals surface area contributed by atoms with E-state index >= 15 is 0 Å². The van der Waals surface area contributed by atoms with Crippen molar-refractivity contribution < 1.29 is 15.0 Å². The number of carbonyl (C=O) groups is 1. The quantitative estimate of drug-likeness (QED) is 0.807. The van der Waals surface area contributed by atoms with E-state index in [2.05, 4.69) is 11.8 Å². The Morgan fingerprint density at radius 1 is 1.38 bits per heavy atom. The molecule has 0 radical (unpaired) electrons. The fourth-order valence-corrected chi connectivity index (χ4v) is 2.46. The maximum Gasteiger partial charge on any atom is 0.254 e. The van der Waals surface area contributed by atoms with Crippen molar-refractivity contribution in [2.75, 3.05) is 19.7 Å². The van der Waals surface area contributed by atoms with Gasteiger partial charge in [0.2, 0.25) is 0 Å². The summed E-state index contributed by atoms with van der Waals surface area (Å²) in [6, 6.07) is 5.54. The van der Waals surface area contributed by atoms with Crippen LogP contribution in [0.1, 0.15) is 40.7 Å². The Bertz CT molecular complexity index is 563. The Balaban J connectivity index is 2.18. The molecule has 2 rings (SSSR count). The summed E-state index contributed by atoms with van der Waals surface area (Å²) >= 11 is 0. The third-order valence-corrected chi connectivity index (χ3v) is 3.78. The second kappa shape index (κ2) is 7.26. The standard InChI is InChI=1S/C17H21NO3/c1-13-14(5-2-3-12-19)6-4-7-16(13)17(21)18-10-8-15(20)9-11-18/h4,6-7,15,19-20H,3,8-12H2,1H3. The Morgan fingerprint density at radius 3 is 2.76 bits per heavy atom. The molecule has 2 N–H and O–H groups in total. The maximum atomic E-state index is 12.6. The molecule has 0 aliphatic carbocycles. The number of nitrogens with zero attached hydrogens (tertiary/aromatic N) is 1. The first-order valence-electron chi connectivity index (χ1n) is 7.30. The highest BCUT2D eigenvalue weighted by Gasteiger charge is 2.23. The normalized spacial score (nSPS) is 15.5. The average molecular weight is 287 g/mol. The van der Waals surface area contributed by atoms with Gasteiger partial charge in [-0.3, -0.25) is 4.79 Å². The van der Waals surface area contributed by atoms with Crippen LogP contribution in [0.5, 0.6) is 0 Å². The van der Waals surface area contributed by atoms with Gasteiger partial charge >= 0.3 is 0 Å². The number of rotatable bonds is 2. The van der Waals surface area contributed by atoms with Crippen LogP contribution in [-0.4, -0.2) is 46.8 Å². The molecular weight excluding hydrogens is 266 g/mol. The SMILES string of the molecule is Cc1c(C#CCCO)cccc1C(=O)N1CCC(O)CC1. The van der Waals surface area contributed by atoms with E-state index < -0.39 is 0 Å². The van der Waals surface area contributed by atoms with Crippen molar-refractivity contribution in [3.63, 3.8) is 0 Å². The van der Waals surface area contributed by atoms with Crippen molar-refractivity contribution in [1.29, 1.82) is 0 Å². The highest BCUT2D eigenvalue weighted by Crippen LogP contribution is 2.18. The molecule has 0 saturated carbocycles. The van der Waals surface area contributed by atoms with Gasteiger partial charge in [0, 0.05) is 30.6 Å². The molecule has 1 aliphatic rings. The summed E-state index contributed by atoms with van der Waals surface area (Å²) < 4.78 is 0. The Morgan fingerprint density at radius 2 is 2.10 bits per heavy atom. The van der Waals surface area contributed by atoms with Crippen LogP contribution in [0, 0.1) is 18.8 Å². The van der Waals surface area contributed by atoms with Gasteiger partial charge in [0.15, 0.2) is 0 Å². The molecule has 1 aliphatic heterocycles. The van der Waals surface area contributed by atoms with Gasteiger partial charge in [-0.1, -0.05) is 17.9 Å². The smallest absolute Gasteiger partial charge is 0.254 e. The minimum atomic E-state index is -0.286. The number of likely N-dealkylation sites (tertiary alicyclic amines) is 1. The largest absolute Gasteiger partial charge is 0.395 e. The Hall–Kier alpha value is -1.83. The number of aliphatic hydroxyl groups excluding tert-OH is 2. The van der Waals surface area contributed by atoms with Crippen molar-refractivity contribution >= 4 is 5.91 Å². The third kappa shape index (κ3) is 3.84. The highest BCUT2D eigenvalue weighted by molar-refractivity contribution is 5.96. The molecule has 1 heterocycles. The number of piperidine rings is 1.